The highest BCUT2D eigenvalue weighted by molar-refractivity contribution is 5.89. The number of rotatable bonds is 1. The van der Waals surface area contributed by atoms with Crippen LogP contribution < -0.4 is 0 Å². The summed E-state index contributed by atoms with van der Waals surface area (Å²) in [6.07, 6.45) is 0. The van der Waals surface area contributed by atoms with E-state index in [9.17, 15) is 9.90 Å². The lowest BCUT2D eigenvalue weighted by Crippen LogP contribution is -2.23. The van der Waals surface area contributed by atoms with E-state index in [0.717, 1.165) is 5.57 Å². The third-order valence-electron chi connectivity index (χ3n) is 2.46. The van der Waals surface area contributed by atoms with Crippen molar-refractivity contribution in [3.05, 3.63) is 11.1 Å². The SMILES string of the molecule is CC(=C(C(=O)O)C(C)(C)C)C(C)(C)C. The van der Waals surface area contributed by atoms with Gasteiger partial charge in [0.2, 0.25) is 0 Å². The van der Waals surface area contributed by atoms with Crippen LogP contribution >= 0.6 is 0 Å². The summed E-state index contributed by atoms with van der Waals surface area (Å²) in [5.74, 6) is -0.801. The van der Waals surface area contributed by atoms with E-state index in [-0.39, 0.29) is 10.8 Å². The Morgan fingerprint density at radius 3 is 1.36 bits per heavy atom. The van der Waals surface area contributed by atoms with Crippen molar-refractivity contribution < 1.29 is 9.90 Å². The van der Waals surface area contributed by atoms with Crippen LogP contribution in [0.5, 0.6) is 0 Å². The van der Waals surface area contributed by atoms with Crippen LogP contribution in [0.4, 0.5) is 0 Å². The Labute approximate surface area is 87.0 Å². The molecule has 0 saturated heterocycles. The highest BCUT2D eigenvalue weighted by Crippen LogP contribution is 2.36. The second-order valence-corrected chi connectivity index (χ2v) is 5.81. The fraction of sp³-hybridized carbons (Fsp3) is 0.750. The van der Waals surface area contributed by atoms with E-state index in [2.05, 4.69) is 0 Å². The van der Waals surface area contributed by atoms with Gasteiger partial charge in [-0.2, -0.15) is 0 Å². The van der Waals surface area contributed by atoms with Crippen molar-refractivity contribution in [3.63, 3.8) is 0 Å². The van der Waals surface area contributed by atoms with Crippen LogP contribution in [-0.2, 0) is 4.79 Å². The minimum Gasteiger partial charge on any atom is -0.478 e. The highest BCUT2D eigenvalue weighted by atomic mass is 16.4. The molecule has 0 aromatic heterocycles. The number of allylic oxidation sites excluding steroid dienone is 1. The van der Waals surface area contributed by atoms with E-state index in [1.165, 1.54) is 0 Å². The maximum Gasteiger partial charge on any atom is 0.332 e. The second-order valence-electron chi connectivity index (χ2n) is 5.81. The molecule has 1 N–H and O–H groups in total. The molecule has 0 unspecified atom stereocenters. The van der Waals surface area contributed by atoms with E-state index >= 15 is 0 Å². The van der Waals surface area contributed by atoms with E-state index < -0.39 is 5.97 Å². The van der Waals surface area contributed by atoms with E-state index in [1.807, 2.05) is 48.5 Å². The minimum absolute atomic E-state index is 0.0823. The van der Waals surface area contributed by atoms with Gasteiger partial charge in [-0.1, -0.05) is 47.1 Å². The number of carbonyl (C=O) groups is 1. The monoisotopic (exact) mass is 198 g/mol. The molecule has 0 aliphatic rings. The van der Waals surface area contributed by atoms with Gasteiger partial charge in [-0.15, -0.1) is 0 Å². The number of aliphatic carboxylic acids is 1. The minimum atomic E-state index is -0.801. The first kappa shape index (κ1) is 13.2. The molecule has 2 nitrogen and oxygen atoms in total. The van der Waals surface area contributed by atoms with Crippen LogP contribution in [-0.4, -0.2) is 11.1 Å². The smallest absolute Gasteiger partial charge is 0.332 e. The summed E-state index contributed by atoms with van der Waals surface area (Å²) < 4.78 is 0. The summed E-state index contributed by atoms with van der Waals surface area (Å²) in [4.78, 5) is 11.2. The Morgan fingerprint density at radius 1 is 0.929 bits per heavy atom. The Balaban J connectivity index is 5.53. The molecule has 0 atom stereocenters. The molecular formula is C12H22O2. The van der Waals surface area contributed by atoms with Gasteiger partial charge in [-0.3, -0.25) is 0 Å². The van der Waals surface area contributed by atoms with Crippen LogP contribution in [0.25, 0.3) is 0 Å². The van der Waals surface area contributed by atoms with Gasteiger partial charge in [0.25, 0.3) is 0 Å². The predicted octanol–water partition coefficient (Wildman–Crippen LogP) is 3.48. The molecule has 0 aliphatic carbocycles. The van der Waals surface area contributed by atoms with Gasteiger partial charge in [-0.25, -0.2) is 4.79 Å². The summed E-state index contributed by atoms with van der Waals surface area (Å²) in [5.41, 5.74) is 1.10. The first-order valence-corrected chi connectivity index (χ1v) is 4.93. The molecule has 0 heterocycles. The summed E-state index contributed by atoms with van der Waals surface area (Å²) >= 11 is 0. The molecule has 2 heteroatoms. The first-order valence-electron chi connectivity index (χ1n) is 4.93. The molecular weight excluding hydrogens is 176 g/mol. The molecule has 0 aliphatic heterocycles. The standard InChI is InChI=1S/C12H22O2/c1-8(11(2,3)4)9(10(13)14)12(5,6)7/h1-7H3,(H,13,14). The van der Waals surface area contributed by atoms with Crippen molar-refractivity contribution in [3.8, 4) is 0 Å². The van der Waals surface area contributed by atoms with Gasteiger partial charge in [0.1, 0.15) is 0 Å². The predicted molar refractivity (Wildman–Crippen MR) is 59.2 cm³/mol. The second kappa shape index (κ2) is 3.76. The molecule has 14 heavy (non-hydrogen) atoms. The lowest BCUT2D eigenvalue weighted by molar-refractivity contribution is -0.133. The molecule has 82 valence electrons. The number of carboxylic acids is 1. The summed E-state index contributed by atoms with van der Waals surface area (Å²) in [6.45, 7) is 13.8. The highest BCUT2D eigenvalue weighted by Gasteiger charge is 2.29. The van der Waals surface area contributed by atoms with Crippen LogP contribution in [0.2, 0.25) is 0 Å². The van der Waals surface area contributed by atoms with Gasteiger partial charge in [0.05, 0.1) is 0 Å². The van der Waals surface area contributed by atoms with Gasteiger partial charge in [0, 0.05) is 5.57 Å². The number of carboxylic acid groups (broad SMARTS) is 1. The molecule has 0 aromatic rings. The topological polar surface area (TPSA) is 37.3 Å². The van der Waals surface area contributed by atoms with E-state index in [1.54, 1.807) is 0 Å². The van der Waals surface area contributed by atoms with Crippen LogP contribution in [0.3, 0.4) is 0 Å². The zero-order valence-electron chi connectivity index (χ0n) is 10.4. The molecule has 0 spiro atoms. The van der Waals surface area contributed by atoms with Crippen molar-refractivity contribution >= 4 is 5.97 Å². The average Bonchev–Trinajstić information content (AvgIpc) is 1.79. The Hall–Kier alpha value is -0.790. The van der Waals surface area contributed by atoms with Gasteiger partial charge >= 0.3 is 5.97 Å². The molecule has 0 bridgehead atoms. The van der Waals surface area contributed by atoms with Gasteiger partial charge in [0.15, 0.2) is 0 Å². The summed E-state index contributed by atoms with van der Waals surface area (Å²) in [5, 5.41) is 9.18. The molecule has 0 radical (unpaired) electrons. The zero-order valence-corrected chi connectivity index (χ0v) is 10.4. The van der Waals surface area contributed by atoms with Crippen LogP contribution in [0, 0.1) is 10.8 Å². The average molecular weight is 198 g/mol. The quantitative estimate of drug-likeness (QED) is 0.655. The Morgan fingerprint density at radius 2 is 1.29 bits per heavy atom. The summed E-state index contributed by atoms with van der Waals surface area (Å²) in [6, 6.07) is 0. The normalized spacial score (nSPS) is 15.1. The molecule has 0 fully saturated rings. The largest absolute Gasteiger partial charge is 0.478 e. The maximum atomic E-state index is 11.2. The zero-order chi connectivity index (χ0) is 11.7. The Kier molecular flexibility index (Phi) is 3.54. The van der Waals surface area contributed by atoms with Crippen molar-refractivity contribution in [2.45, 2.75) is 48.5 Å². The van der Waals surface area contributed by atoms with Crippen LogP contribution in [0.15, 0.2) is 11.1 Å². The lowest BCUT2D eigenvalue weighted by Gasteiger charge is -2.29. The fourth-order valence-electron chi connectivity index (χ4n) is 1.42. The van der Waals surface area contributed by atoms with E-state index in [0.29, 0.717) is 5.57 Å². The van der Waals surface area contributed by atoms with Crippen LogP contribution in [0.1, 0.15) is 48.5 Å². The van der Waals surface area contributed by atoms with Gasteiger partial charge < -0.3 is 5.11 Å². The first-order chi connectivity index (χ1) is 5.98. The lowest BCUT2D eigenvalue weighted by atomic mass is 9.76. The van der Waals surface area contributed by atoms with Crippen molar-refractivity contribution in [1.29, 1.82) is 0 Å². The van der Waals surface area contributed by atoms with Crippen molar-refractivity contribution in [2.75, 3.05) is 0 Å². The molecule has 0 aromatic carbocycles. The molecule has 0 rings (SSSR count). The van der Waals surface area contributed by atoms with Gasteiger partial charge in [-0.05, 0) is 17.8 Å². The molecule has 0 saturated carbocycles. The fourth-order valence-corrected chi connectivity index (χ4v) is 1.42. The van der Waals surface area contributed by atoms with E-state index in [4.69, 9.17) is 0 Å². The maximum absolute atomic E-state index is 11.2. The number of hydrogen-bond acceptors (Lipinski definition) is 1. The van der Waals surface area contributed by atoms with Crippen molar-refractivity contribution in [2.24, 2.45) is 10.8 Å². The van der Waals surface area contributed by atoms with Crippen molar-refractivity contribution in [1.82, 2.24) is 0 Å². The summed E-state index contributed by atoms with van der Waals surface area (Å²) in [7, 11) is 0. The third kappa shape index (κ3) is 3.17. The Bertz CT molecular complexity index is 259. The number of hydrogen-bond donors (Lipinski definition) is 1. The molecule has 0 amide bonds. The third-order valence-corrected chi connectivity index (χ3v) is 2.46.